The van der Waals surface area contributed by atoms with Gasteiger partial charge in [-0.2, -0.15) is 0 Å². The van der Waals surface area contributed by atoms with Gasteiger partial charge in [0.25, 0.3) is 0 Å². The summed E-state index contributed by atoms with van der Waals surface area (Å²) in [5.74, 6) is 1.48. The third-order valence-corrected chi connectivity index (χ3v) is 4.39. The lowest BCUT2D eigenvalue weighted by Gasteiger charge is -2.24. The number of hydrogen-bond donors (Lipinski definition) is 2. The smallest absolute Gasteiger partial charge is 0.172 e. The third-order valence-electron chi connectivity index (χ3n) is 4.39. The van der Waals surface area contributed by atoms with Gasteiger partial charge in [0, 0.05) is 22.7 Å². The van der Waals surface area contributed by atoms with Crippen LogP contribution in [-0.4, -0.2) is 25.9 Å². The molecule has 0 atom stereocenters. The summed E-state index contributed by atoms with van der Waals surface area (Å²) in [4.78, 5) is 0. The monoisotopic (exact) mass is 295 g/mol. The molecule has 1 aliphatic rings. The fourth-order valence-electron chi connectivity index (χ4n) is 3.44. The number of fused-ring (bicyclic) bond motifs is 2. The molecule has 0 saturated carbocycles. The molecule has 0 aromatic heterocycles. The zero-order chi connectivity index (χ0) is 15.3. The van der Waals surface area contributed by atoms with E-state index in [1.807, 2.05) is 30.3 Å². The van der Waals surface area contributed by atoms with Crippen molar-refractivity contribution in [2.24, 2.45) is 0 Å². The topological polar surface area (TPSA) is 50.7 Å². The molecule has 0 aliphatic carbocycles. The lowest BCUT2D eigenvalue weighted by molar-refractivity contribution is 0.357. The Kier molecular flexibility index (Phi) is 2.79. The van der Waals surface area contributed by atoms with Gasteiger partial charge in [-0.05, 0) is 18.1 Å². The van der Waals surface area contributed by atoms with Crippen molar-refractivity contribution in [1.82, 2.24) is 0 Å². The second-order valence-electron chi connectivity index (χ2n) is 5.47. The molecule has 3 aromatic carbocycles. The summed E-state index contributed by atoms with van der Waals surface area (Å²) in [5, 5.41) is 17.9. The highest BCUT2D eigenvalue weighted by Crippen LogP contribution is 2.50. The zero-order valence-electron chi connectivity index (χ0n) is 12.6. The second kappa shape index (κ2) is 4.70. The van der Waals surface area contributed by atoms with Crippen molar-refractivity contribution >= 4 is 27.2 Å². The van der Waals surface area contributed by atoms with Crippen LogP contribution in [0.1, 0.15) is 5.56 Å². The number of rotatable bonds is 2. The Hall–Kier alpha value is -2.62. The molecule has 3 aromatic rings. The summed E-state index contributed by atoms with van der Waals surface area (Å²) < 4.78 is 11.0. The molecule has 0 unspecified atom stereocenters. The van der Waals surface area contributed by atoms with Crippen LogP contribution in [0.25, 0.3) is 21.5 Å². The third kappa shape index (κ3) is 1.58. The molecule has 4 heteroatoms. The van der Waals surface area contributed by atoms with Gasteiger partial charge in [-0.25, -0.2) is 0 Å². The SMILES string of the molecule is COc1cc2c3c(c4ccccc4c(O)c3c1OC)NCC2. The van der Waals surface area contributed by atoms with E-state index in [1.165, 1.54) is 5.56 Å². The van der Waals surface area contributed by atoms with E-state index in [4.69, 9.17) is 9.47 Å². The minimum Gasteiger partial charge on any atom is -0.507 e. The molecule has 1 aliphatic heterocycles. The number of phenolic OH excluding ortho intramolecular Hbond substituents is 1. The van der Waals surface area contributed by atoms with E-state index in [2.05, 4.69) is 5.32 Å². The molecule has 0 radical (unpaired) electrons. The molecule has 0 bridgehead atoms. The Morgan fingerprint density at radius 2 is 1.82 bits per heavy atom. The number of methoxy groups -OCH3 is 2. The molecule has 4 nitrogen and oxygen atoms in total. The van der Waals surface area contributed by atoms with E-state index in [-0.39, 0.29) is 5.75 Å². The van der Waals surface area contributed by atoms with Gasteiger partial charge in [-0.3, -0.25) is 0 Å². The molecule has 0 amide bonds. The molecule has 22 heavy (non-hydrogen) atoms. The first-order valence-corrected chi connectivity index (χ1v) is 7.31. The Morgan fingerprint density at radius 1 is 1.05 bits per heavy atom. The number of aromatic hydroxyl groups is 1. The molecule has 112 valence electrons. The largest absolute Gasteiger partial charge is 0.507 e. The summed E-state index contributed by atoms with van der Waals surface area (Å²) in [7, 11) is 3.22. The Labute approximate surface area is 128 Å². The van der Waals surface area contributed by atoms with Crippen LogP contribution in [0.5, 0.6) is 17.2 Å². The van der Waals surface area contributed by atoms with Crippen LogP contribution in [0.15, 0.2) is 30.3 Å². The van der Waals surface area contributed by atoms with Crippen LogP contribution >= 0.6 is 0 Å². The van der Waals surface area contributed by atoms with Crippen molar-refractivity contribution < 1.29 is 14.6 Å². The van der Waals surface area contributed by atoms with Crippen LogP contribution in [-0.2, 0) is 6.42 Å². The fraction of sp³-hybridized carbons (Fsp3) is 0.222. The lowest BCUT2D eigenvalue weighted by atomic mass is 9.91. The van der Waals surface area contributed by atoms with Crippen LogP contribution < -0.4 is 14.8 Å². The average molecular weight is 295 g/mol. The second-order valence-corrected chi connectivity index (χ2v) is 5.47. The number of phenols is 1. The standard InChI is InChI=1S/C18H17NO3/c1-21-13-9-10-7-8-19-16-11-5-3-4-6-12(11)17(20)15(14(10)16)18(13)22-2/h3-6,9,19-20H,7-8H2,1-2H3. The maximum Gasteiger partial charge on any atom is 0.172 e. The van der Waals surface area contributed by atoms with Crippen molar-refractivity contribution in [3.8, 4) is 17.2 Å². The predicted molar refractivity (Wildman–Crippen MR) is 88.4 cm³/mol. The van der Waals surface area contributed by atoms with Gasteiger partial charge in [-0.15, -0.1) is 0 Å². The molecule has 1 heterocycles. The van der Waals surface area contributed by atoms with Crippen molar-refractivity contribution in [2.75, 3.05) is 26.1 Å². The number of anilines is 1. The molecule has 0 fully saturated rings. The Balaban J connectivity index is 2.31. The number of benzene rings is 3. The predicted octanol–water partition coefficient (Wildman–Crippen LogP) is 3.68. The normalized spacial score (nSPS) is 13.2. The fourth-order valence-corrected chi connectivity index (χ4v) is 3.44. The van der Waals surface area contributed by atoms with E-state index >= 15 is 0 Å². The Morgan fingerprint density at radius 3 is 2.55 bits per heavy atom. The minimum atomic E-state index is 0.245. The van der Waals surface area contributed by atoms with Gasteiger partial charge in [0.2, 0.25) is 0 Å². The molecule has 4 rings (SSSR count). The number of ether oxygens (including phenoxy) is 2. The maximum absolute atomic E-state index is 10.8. The van der Waals surface area contributed by atoms with E-state index in [1.54, 1.807) is 14.2 Å². The molecule has 2 N–H and O–H groups in total. The first-order chi connectivity index (χ1) is 10.8. The highest BCUT2D eigenvalue weighted by molar-refractivity contribution is 6.19. The molecular weight excluding hydrogens is 278 g/mol. The van der Waals surface area contributed by atoms with Crippen molar-refractivity contribution in [3.05, 3.63) is 35.9 Å². The van der Waals surface area contributed by atoms with Crippen molar-refractivity contribution in [3.63, 3.8) is 0 Å². The van der Waals surface area contributed by atoms with Crippen LogP contribution in [0.4, 0.5) is 5.69 Å². The number of hydrogen-bond acceptors (Lipinski definition) is 4. The summed E-state index contributed by atoms with van der Waals surface area (Å²) >= 11 is 0. The van der Waals surface area contributed by atoms with Gasteiger partial charge < -0.3 is 19.9 Å². The van der Waals surface area contributed by atoms with Gasteiger partial charge in [-0.1, -0.05) is 24.3 Å². The average Bonchev–Trinajstić information content (AvgIpc) is 2.58. The highest BCUT2D eigenvalue weighted by Gasteiger charge is 2.24. The van der Waals surface area contributed by atoms with E-state index in [9.17, 15) is 5.11 Å². The van der Waals surface area contributed by atoms with Gasteiger partial charge in [0.15, 0.2) is 11.5 Å². The lowest BCUT2D eigenvalue weighted by Crippen LogP contribution is -2.13. The maximum atomic E-state index is 10.8. The van der Waals surface area contributed by atoms with Crippen LogP contribution in [0, 0.1) is 0 Å². The van der Waals surface area contributed by atoms with Gasteiger partial charge in [0.1, 0.15) is 5.75 Å². The summed E-state index contributed by atoms with van der Waals surface area (Å²) in [6.45, 7) is 0.867. The van der Waals surface area contributed by atoms with E-state index in [0.717, 1.165) is 40.2 Å². The van der Waals surface area contributed by atoms with Gasteiger partial charge in [0.05, 0.1) is 25.3 Å². The summed E-state index contributed by atoms with van der Waals surface area (Å²) in [6, 6.07) is 9.88. The van der Waals surface area contributed by atoms with Crippen LogP contribution in [0.3, 0.4) is 0 Å². The molecule has 0 saturated heterocycles. The van der Waals surface area contributed by atoms with E-state index < -0.39 is 0 Å². The first-order valence-electron chi connectivity index (χ1n) is 7.31. The van der Waals surface area contributed by atoms with Crippen molar-refractivity contribution in [2.45, 2.75) is 6.42 Å². The first kappa shape index (κ1) is 13.1. The Bertz CT molecular complexity index is 902. The minimum absolute atomic E-state index is 0.245. The molecule has 0 spiro atoms. The van der Waals surface area contributed by atoms with E-state index in [0.29, 0.717) is 11.5 Å². The number of nitrogens with one attached hydrogen (secondary N) is 1. The summed E-state index contributed by atoms with van der Waals surface area (Å²) in [6.07, 6.45) is 0.891. The highest BCUT2D eigenvalue weighted by atomic mass is 16.5. The van der Waals surface area contributed by atoms with Crippen molar-refractivity contribution in [1.29, 1.82) is 0 Å². The summed E-state index contributed by atoms with van der Waals surface area (Å²) in [5.41, 5.74) is 2.23. The molecular formula is C18H17NO3. The zero-order valence-corrected chi connectivity index (χ0v) is 12.6. The van der Waals surface area contributed by atoms with Gasteiger partial charge >= 0.3 is 0 Å². The quantitative estimate of drug-likeness (QED) is 0.559. The van der Waals surface area contributed by atoms with Crippen LogP contribution in [0.2, 0.25) is 0 Å².